The minimum atomic E-state index is -0.461. The van der Waals surface area contributed by atoms with Gasteiger partial charge in [-0.3, -0.25) is 11.3 Å². The molecule has 6 heteroatoms. The number of nitrogens with one attached hydrogen (secondary N) is 1. The molecule has 2 rings (SSSR count). The number of amides is 1. The van der Waals surface area contributed by atoms with Crippen LogP contribution in [0.5, 0.6) is 0 Å². The lowest BCUT2D eigenvalue weighted by Gasteiger charge is -2.26. The number of nitrogens with two attached hydrogens (primary N) is 1. The van der Waals surface area contributed by atoms with E-state index in [1.807, 2.05) is 32.9 Å². The van der Waals surface area contributed by atoms with Crippen molar-refractivity contribution in [3.63, 3.8) is 0 Å². The maximum absolute atomic E-state index is 12.2. The number of carbonyl (C=O) groups excluding carboxylic acids is 1. The molecule has 3 N–H and O–H groups in total. The number of rotatable bonds is 4. The molecule has 0 bridgehead atoms. The van der Waals surface area contributed by atoms with E-state index in [1.54, 1.807) is 4.90 Å². The summed E-state index contributed by atoms with van der Waals surface area (Å²) in [5.74, 6) is 6.09. The van der Waals surface area contributed by atoms with Crippen molar-refractivity contribution in [3.8, 4) is 0 Å². The van der Waals surface area contributed by atoms with E-state index >= 15 is 0 Å². The van der Waals surface area contributed by atoms with E-state index in [1.165, 1.54) is 5.56 Å². The zero-order valence-electron chi connectivity index (χ0n) is 14.0. The predicted molar refractivity (Wildman–Crippen MR) is 94.9 cm³/mol. The van der Waals surface area contributed by atoms with Gasteiger partial charge in [0.2, 0.25) is 0 Å². The topological polar surface area (TPSA) is 67.6 Å². The van der Waals surface area contributed by atoms with Gasteiger partial charge in [0, 0.05) is 23.6 Å². The Balaban J connectivity index is 1.94. The van der Waals surface area contributed by atoms with E-state index in [4.69, 9.17) is 10.6 Å². The zero-order valence-corrected chi connectivity index (χ0v) is 15.6. The second-order valence-electron chi connectivity index (χ2n) is 7.08. The highest BCUT2D eigenvalue weighted by Gasteiger charge is 2.33. The highest BCUT2D eigenvalue weighted by Crippen LogP contribution is 2.24. The number of ether oxygens (including phenoxy) is 1. The van der Waals surface area contributed by atoms with Crippen LogP contribution in [0.3, 0.4) is 0 Å². The number of likely N-dealkylation sites (tertiary alicyclic amines) is 1. The van der Waals surface area contributed by atoms with Crippen LogP contribution >= 0.6 is 15.9 Å². The smallest absolute Gasteiger partial charge is 0.410 e. The Kier molecular flexibility index (Phi) is 6.06. The monoisotopic (exact) mass is 383 g/mol. The normalized spacial score (nSPS) is 19.7. The number of hydrogen-bond donors (Lipinski definition) is 2. The lowest BCUT2D eigenvalue weighted by Crippen LogP contribution is -2.44. The van der Waals surface area contributed by atoms with Gasteiger partial charge < -0.3 is 9.64 Å². The highest BCUT2D eigenvalue weighted by molar-refractivity contribution is 9.10. The lowest BCUT2D eigenvalue weighted by atomic mass is 9.93. The average Bonchev–Trinajstić information content (AvgIpc) is 2.93. The number of carbonyl (C=O) groups is 1. The summed E-state index contributed by atoms with van der Waals surface area (Å²) in [5.41, 5.74) is 3.68. The molecule has 1 aliphatic heterocycles. The van der Waals surface area contributed by atoms with Crippen molar-refractivity contribution in [1.82, 2.24) is 10.3 Å². The molecule has 0 saturated carbocycles. The first-order valence-electron chi connectivity index (χ1n) is 7.97. The van der Waals surface area contributed by atoms with Crippen molar-refractivity contribution in [2.75, 3.05) is 13.1 Å². The first kappa shape index (κ1) is 18.2. The summed E-state index contributed by atoms with van der Waals surface area (Å²) in [7, 11) is 0. The summed E-state index contributed by atoms with van der Waals surface area (Å²) in [6.45, 7) is 7.05. The average molecular weight is 384 g/mol. The van der Waals surface area contributed by atoms with Gasteiger partial charge in [-0.25, -0.2) is 4.79 Å². The fourth-order valence-electron chi connectivity index (χ4n) is 2.89. The zero-order chi connectivity index (χ0) is 17.0. The summed E-state index contributed by atoms with van der Waals surface area (Å²) in [6, 6.07) is 8.36. The molecular weight excluding hydrogens is 358 g/mol. The van der Waals surface area contributed by atoms with Crippen molar-refractivity contribution in [1.29, 1.82) is 0 Å². The van der Waals surface area contributed by atoms with Crippen LogP contribution < -0.4 is 11.3 Å². The molecule has 0 spiro atoms. The highest BCUT2D eigenvalue weighted by atomic mass is 79.9. The Morgan fingerprint density at radius 1 is 1.52 bits per heavy atom. The third-order valence-corrected chi connectivity index (χ3v) is 4.50. The van der Waals surface area contributed by atoms with Gasteiger partial charge in [0.05, 0.1) is 0 Å². The first-order chi connectivity index (χ1) is 10.8. The Labute approximate surface area is 146 Å². The molecule has 2 atom stereocenters. The molecule has 1 heterocycles. The molecule has 1 amide bonds. The standard InChI is InChI=1S/C17H26BrN3O2/c1-17(2,3)23-16(22)21-8-7-13(11-21)15(20-19)10-12-5-4-6-14(18)9-12/h4-6,9,13,15,20H,7-8,10-11,19H2,1-3H3. The van der Waals surface area contributed by atoms with Gasteiger partial charge >= 0.3 is 6.09 Å². The first-order valence-corrected chi connectivity index (χ1v) is 8.76. The molecular formula is C17H26BrN3O2. The lowest BCUT2D eigenvalue weighted by molar-refractivity contribution is 0.0285. The Morgan fingerprint density at radius 2 is 2.26 bits per heavy atom. The van der Waals surface area contributed by atoms with Crippen LogP contribution in [0, 0.1) is 5.92 Å². The van der Waals surface area contributed by atoms with Gasteiger partial charge in [-0.1, -0.05) is 28.1 Å². The fourth-order valence-corrected chi connectivity index (χ4v) is 3.33. The van der Waals surface area contributed by atoms with Gasteiger partial charge in [0.1, 0.15) is 5.60 Å². The summed E-state index contributed by atoms with van der Waals surface area (Å²) >= 11 is 3.49. The SMILES string of the molecule is CC(C)(C)OC(=O)N1CCC(C(Cc2cccc(Br)c2)NN)C1. The molecule has 1 aromatic carbocycles. The number of hydrazine groups is 1. The molecule has 23 heavy (non-hydrogen) atoms. The second kappa shape index (κ2) is 7.64. The maximum Gasteiger partial charge on any atom is 0.410 e. The Morgan fingerprint density at radius 3 is 2.87 bits per heavy atom. The third-order valence-electron chi connectivity index (χ3n) is 4.00. The van der Waals surface area contributed by atoms with Crippen LogP contribution in [0.2, 0.25) is 0 Å². The van der Waals surface area contributed by atoms with Gasteiger partial charge in [-0.05, 0) is 57.2 Å². The van der Waals surface area contributed by atoms with Crippen molar-refractivity contribution in [3.05, 3.63) is 34.3 Å². The van der Waals surface area contributed by atoms with Crippen LogP contribution in [0.15, 0.2) is 28.7 Å². The van der Waals surface area contributed by atoms with E-state index in [9.17, 15) is 4.79 Å². The quantitative estimate of drug-likeness (QED) is 0.619. The number of nitrogens with zero attached hydrogens (tertiary/aromatic N) is 1. The Bertz CT molecular complexity index is 545. The minimum Gasteiger partial charge on any atom is -0.444 e. The van der Waals surface area contributed by atoms with E-state index in [0.29, 0.717) is 12.5 Å². The van der Waals surface area contributed by atoms with Gasteiger partial charge in [0.15, 0.2) is 0 Å². The van der Waals surface area contributed by atoms with Crippen molar-refractivity contribution < 1.29 is 9.53 Å². The van der Waals surface area contributed by atoms with Crippen molar-refractivity contribution in [2.24, 2.45) is 11.8 Å². The number of halogens is 1. The van der Waals surface area contributed by atoms with Crippen LogP contribution in [0.25, 0.3) is 0 Å². The molecule has 5 nitrogen and oxygen atoms in total. The van der Waals surface area contributed by atoms with Gasteiger partial charge in [0.25, 0.3) is 0 Å². The van der Waals surface area contributed by atoms with Gasteiger partial charge in [-0.15, -0.1) is 0 Å². The van der Waals surface area contributed by atoms with E-state index in [0.717, 1.165) is 23.9 Å². The summed E-state index contributed by atoms with van der Waals surface area (Å²) in [5, 5.41) is 0. The largest absolute Gasteiger partial charge is 0.444 e. The summed E-state index contributed by atoms with van der Waals surface area (Å²) < 4.78 is 6.51. The summed E-state index contributed by atoms with van der Waals surface area (Å²) in [6.07, 6.45) is 1.53. The van der Waals surface area contributed by atoms with Crippen molar-refractivity contribution in [2.45, 2.75) is 45.3 Å². The molecule has 1 aromatic rings. The number of hydrogen-bond acceptors (Lipinski definition) is 4. The molecule has 1 aliphatic rings. The third kappa shape index (κ3) is 5.48. The summed E-state index contributed by atoms with van der Waals surface area (Å²) in [4.78, 5) is 13.9. The van der Waals surface area contributed by atoms with E-state index < -0.39 is 5.60 Å². The van der Waals surface area contributed by atoms with E-state index in [2.05, 4.69) is 33.5 Å². The van der Waals surface area contributed by atoms with Crippen LogP contribution in [-0.4, -0.2) is 35.7 Å². The number of benzene rings is 1. The second-order valence-corrected chi connectivity index (χ2v) is 8.00. The van der Waals surface area contributed by atoms with Crippen LogP contribution in [0.1, 0.15) is 32.8 Å². The molecule has 1 saturated heterocycles. The van der Waals surface area contributed by atoms with Gasteiger partial charge in [-0.2, -0.15) is 0 Å². The van der Waals surface area contributed by atoms with E-state index in [-0.39, 0.29) is 12.1 Å². The Hall–Kier alpha value is -1.11. The minimum absolute atomic E-state index is 0.136. The molecule has 1 fully saturated rings. The molecule has 0 aliphatic carbocycles. The molecule has 0 aromatic heterocycles. The molecule has 2 unspecified atom stereocenters. The van der Waals surface area contributed by atoms with Crippen molar-refractivity contribution >= 4 is 22.0 Å². The maximum atomic E-state index is 12.2. The van der Waals surface area contributed by atoms with Crippen LogP contribution in [0.4, 0.5) is 4.79 Å². The predicted octanol–water partition coefficient (Wildman–Crippen LogP) is 3.08. The fraction of sp³-hybridized carbons (Fsp3) is 0.588. The molecule has 0 radical (unpaired) electrons. The van der Waals surface area contributed by atoms with Crippen LogP contribution in [-0.2, 0) is 11.2 Å². The molecule has 128 valence electrons.